The van der Waals surface area contributed by atoms with Crippen LogP contribution in [0.3, 0.4) is 0 Å². The molecule has 354 valence electrons. The molecule has 0 fully saturated rings. The molecule has 11 aromatic carbocycles. The molecule has 15 rings (SSSR count). The number of para-hydroxylation sites is 4. The Morgan fingerprint density at radius 2 is 1.04 bits per heavy atom. The number of nitrogens with zero attached hydrogens (tertiary/aromatic N) is 3. The molecule has 5 heteroatoms. The number of aromatic nitrogens is 2. The summed E-state index contributed by atoms with van der Waals surface area (Å²) in [5.41, 5.74) is 20.2. The fourth-order valence-electron chi connectivity index (χ4n) is 12.2. The molecule has 0 aliphatic carbocycles. The van der Waals surface area contributed by atoms with Crippen molar-refractivity contribution in [1.82, 2.24) is 9.13 Å². The molecule has 3 nitrogen and oxygen atoms in total. The summed E-state index contributed by atoms with van der Waals surface area (Å²) in [5.74, 6) is 0. The van der Waals surface area contributed by atoms with Crippen molar-refractivity contribution in [3.05, 3.63) is 254 Å². The number of anilines is 3. The quantitative estimate of drug-likeness (QED) is 0.151. The Labute approximate surface area is 453 Å². The second-order valence-corrected chi connectivity index (χ2v) is 24.1. The Hall–Kier alpha value is -8.33. The van der Waals surface area contributed by atoms with Crippen molar-refractivity contribution < 1.29 is 5.48 Å². The first kappa shape index (κ1) is 40.1. The number of fused-ring (bicyclic) bond motifs is 10. The van der Waals surface area contributed by atoms with Gasteiger partial charge in [0.15, 0.2) is 0 Å². The molecule has 0 bridgehead atoms. The van der Waals surface area contributed by atoms with E-state index in [9.17, 15) is 4.11 Å². The Morgan fingerprint density at radius 3 is 1.76 bits per heavy atom. The Bertz CT molecular complexity index is 4610. The number of rotatable bonds is 6. The molecule has 4 heterocycles. The molecule has 0 amide bonds. The standard InChI is InChI=1S/C70H50BN3Te/c1-70(2,3)49-36-38-62-56(40-49)54-29-16-19-34-61(54)73(62)51-41-65-68-67(42-51)75-66-43-57-55-30-17-18-33-60(55)72(50-27-14-7-15-28-50)63(57)44-59(66)71(68)58-37-35-48(45-21-8-4-9-22-45)39-64(58)74(65)69-52(46-23-10-5-11-24-46)31-20-32-53(69)47-25-12-6-13-26-47/h4-44H,1-3H3/i16D,19D,29D,34D. The Morgan fingerprint density at radius 1 is 0.413 bits per heavy atom. The second kappa shape index (κ2) is 17.1. The van der Waals surface area contributed by atoms with Crippen LogP contribution in [-0.2, 0) is 5.41 Å². The van der Waals surface area contributed by atoms with Crippen LogP contribution in [0.4, 0.5) is 17.1 Å². The minimum absolute atomic E-state index is 0.0279. The van der Waals surface area contributed by atoms with Gasteiger partial charge in [0.2, 0.25) is 0 Å². The van der Waals surface area contributed by atoms with Crippen molar-refractivity contribution in [2.24, 2.45) is 0 Å². The Balaban J connectivity index is 1.11. The van der Waals surface area contributed by atoms with Gasteiger partial charge in [0.05, 0.1) is 0 Å². The van der Waals surface area contributed by atoms with Crippen molar-refractivity contribution in [2.45, 2.75) is 26.2 Å². The van der Waals surface area contributed by atoms with Gasteiger partial charge in [-0.1, -0.05) is 0 Å². The average Bonchev–Trinajstić information content (AvgIpc) is 4.25. The predicted octanol–water partition coefficient (Wildman–Crippen LogP) is 14.4. The fourth-order valence-corrected chi connectivity index (χ4v) is 15.7. The van der Waals surface area contributed by atoms with E-state index < -0.39 is 20.9 Å². The van der Waals surface area contributed by atoms with E-state index in [-0.39, 0.29) is 36.3 Å². The summed E-state index contributed by atoms with van der Waals surface area (Å²) >= 11 is -1.15. The molecule has 2 aliphatic heterocycles. The molecule has 0 N–H and O–H groups in total. The summed E-state index contributed by atoms with van der Waals surface area (Å²) in [4.78, 5) is 2.56. The van der Waals surface area contributed by atoms with E-state index >= 15 is 0 Å². The fraction of sp³-hybridized carbons (Fsp3) is 0.0571. The molecule has 0 unspecified atom stereocenters. The zero-order chi connectivity index (χ0) is 53.4. The van der Waals surface area contributed by atoms with E-state index in [0.29, 0.717) is 10.9 Å². The molecule has 0 saturated heterocycles. The molecular weight excluding hydrogens is 1020 g/mol. The number of hydrogen-bond donors (Lipinski definition) is 0. The molecular formula is C70H50BN3Te. The first-order valence-corrected chi connectivity index (χ1v) is 28.1. The van der Waals surface area contributed by atoms with Crippen LogP contribution in [0.25, 0.3) is 88.4 Å². The topological polar surface area (TPSA) is 13.1 Å². The first-order chi connectivity index (χ1) is 38.5. The van der Waals surface area contributed by atoms with Gasteiger partial charge in [-0.05, 0) is 0 Å². The zero-order valence-corrected chi connectivity index (χ0v) is 44.0. The average molecular weight is 1080 g/mol. The molecule has 13 aromatic rings. The van der Waals surface area contributed by atoms with Crippen LogP contribution < -0.4 is 28.5 Å². The van der Waals surface area contributed by atoms with E-state index in [4.69, 9.17) is 1.37 Å². The van der Waals surface area contributed by atoms with Crippen molar-refractivity contribution in [1.29, 1.82) is 0 Å². The van der Waals surface area contributed by atoms with Crippen molar-refractivity contribution in [2.75, 3.05) is 4.90 Å². The third kappa shape index (κ3) is 6.95. The van der Waals surface area contributed by atoms with Gasteiger partial charge in [0.25, 0.3) is 0 Å². The van der Waals surface area contributed by atoms with Gasteiger partial charge in [-0.15, -0.1) is 0 Å². The van der Waals surface area contributed by atoms with Crippen LogP contribution in [0.1, 0.15) is 31.8 Å². The van der Waals surface area contributed by atoms with Gasteiger partial charge >= 0.3 is 457 Å². The summed E-state index contributed by atoms with van der Waals surface area (Å²) in [6.07, 6.45) is 0. The summed E-state index contributed by atoms with van der Waals surface area (Å²) in [7, 11) is 0. The Kier molecular flexibility index (Phi) is 9.16. The molecule has 2 aromatic heterocycles. The number of benzene rings is 11. The van der Waals surface area contributed by atoms with Crippen LogP contribution >= 0.6 is 0 Å². The van der Waals surface area contributed by atoms with Gasteiger partial charge in [-0.3, -0.25) is 0 Å². The van der Waals surface area contributed by atoms with Gasteiger partial charge < -0.3 is 0 Å². The van der Waals surface area contributed by atoms with Gasteiger partial charge in [0, 0.05) is 0 Å². The van der Waals surface area contributed by atoms with E-state index in [0.717, 1.165) is 78.3 Å². The summed E-state index contributed by atoms with van der Waals surface area (Å²) in [6.45, 7) is 6.42. The van der Waals surface area contributed by atoms with Gasteiger partial charge in [-0.2, -0.15) is 0 Å². The van der Waals surface area contributed by atoms with Crippen molar-refractivity contribution in [3.63, 3.8) is 0 Å². The van der Waals surface area contributed by atoms with E-state index in [2.05, 4.69) is 259 Å². The first-order valence-electron chi connectivity index (χ1n) is 27.8. The monoisotopic (exact) mass is 1080 g/mol. The normalized spacial score (nSPS) is 13.6. The van der Waals surface area contributed by atoms with Gasteiger partial charge in [0.1, 0.15) is 0 Å². The summed E-state index contributed by atoms with van der Waals surface area (Å²) in [5, 5.41) is 3.80. The summed E-state index contributed by atoms with van der Waals surface area (Å²) in [6, 6.07) is 81.3. The maximum absolute atomic E-state index is 9.77. The van der Waals surface area contributed by atoms with E-state index in [1.54, 1.807) is 0 Å². The predicted molar refractivity (Wildman–Crippen MR) is 321 cm³/mol. The van der Waals surface area contributed by atoms with Crippen LogP contribution in [0.15, 0.2) is 249 Å². The minimum atomic E-state index is -1.15. The van der Waals surface area contributed by atoms with E-state index in [1.165, 1.54) is 45.4 Å². The van der Waals surface area contributed by atoms with Crippen LogP contribution in [0.5, 0.6) is 0 Å². The zero-order valence-electron chi connectivity index (χ0n) is 45.7. The van der Waals surface area contributed by atoms with E-state index in [1.807, 2.05) is 0 Å². The molecule has 75 heavy (non-hydrogen) atoms. The molecule has 2 aliphatic rings. The summed E-state index contributed by atoms with van der Waals surface area (Å²) < 4.78 is 44.8. The van der Waals surface area contributed by atoms with Crippen LogP contribution in [0.2, 0.25) is 0 Å². The second-order valence-electron chi connectivity index (χ2n) is 21.0. The molecule has 0 saturated carbocycles. The number of hydrogen-bond acceptors (Lipinski definition) is 1. The van der Waals surface area contributed by atoms with Crippen LogP contribution in [0, 0.1) is 0 Å². The van der Waals surface area contributed by atoms with Crippen LogP contribution in [-0.4, -0.2) is 36.8 Å². The maximum atomic E-state index is 9.77. The molecule has 0 atom stereocenters. The molecule has 0 spiro atoms. The molecule has 0 radical (unpaired) electrons. The van der Waals surface area contributed by atoms with Crippen molar-refractivity contribution in [3.8, 4) is 44.8 Å². The van der Waals surface area contributed by atoms with Crippen molar-refractivity contribution >= 4 is 112 Å². The SMILES string of the molecule is [2H]c1c([2H])c([2H])c2c(c1[2H])c1cc(C(C)(C)C)ccc1n2-c1cc2c3c(c1)N(c1c(-c4ccccc4)cccc1-c1ccccc1)c1cc(-c4ccccc4)ccc1B3c1cc3c(cc1[Te]2)c1ccccc1n3-c1ccccc1. The third-order valence-corrected chi connectivity index (χ3v) is 18.9. The van der Waals surface area contributed by atoms with Gasteiger partial charge in [-0.25, -0.2) is 0 Å². The third-order valence-electron chi connectivity index (χ3n) is 15.6.